The van der Waals surface area contributed by atoms with E-state index in [2.05, 4.69) is 5.32 Å². The van der Waals surface area contributed by atoms with Gasteiger partial charge in [-0.2, -0.15) is 0 Å². The molecule has 4 rings (SSSR count). The van der Waals surface area contributed by atoms with Gasteiger partial charge in [-0.1, -0.05) is 18.2 Å². The maximum atomic E-state index is 12.7. The average molecular weight is 313 g/mol. The molecule has 0 bridgehead atoms. The Balaban J connectivity index is 1.47. The molecule has 5 nitrogen and oxygen atoms in total. The number of likely N-dealkylation sites (tertiary alicyclic amines) is 1. The van der Waals surface area contributed by atoms with E-state index in [1.807, 2.05) is 29.2 Å². The molecule has 3 aliphatic rings. The van der Waals surface area contributed by atoms with Crippen LogP contribution in [0.2, 0.25) is 0 Å². The molecule has 0 aromatic heterocycles. The summed E-state index contributed by atoms with van der Waals surface area (Å²) in [5.41, 5.74) is 2.07. The topological polar surface area (TPSA) is 52.7 Å². The van der Waals surface area contributed by atoms with Crippen LogP contribution in [0.1, 0.15) is 24.8 Å². The van der Waals surface area contributed by atoms with Gasteiger partial charge in [-0.15, -0.1) is 0 Å². The molecular weight excluding hydrogens is 290 g/mol. The number of para-hydroxylation sites is 1. The molecule has 3 aliphatic heterocycles. The van der Waals surface area contributed by atoms with Gasteiger partial charge in [0.05, 0.1) is 0 Å². The SMILES string of the molecule is O=C(CN1C(=O)CCc2ccccc21)N1C[C@@H]2CCCN[C@@H]2C1. The molecule has 0 radical (unpaired) electrons. The van der Waals surface area contributed by atoms with Gasteiger partial charge in [0.2, 0.25) is 11.8 Å². The number of carbonyl (C=O) groups excluding carboxylic acids is 2. The first kappa shape index (κ1) is 14.7. The monoisotopic (exact) mass is 313 g/mol. The standard InChI is InChI=1S/C18H23N3O2/c22-17-8-7-13-4-1-2-6-16(13)21(17)12-18(23)20-10-14-5-3-9-19-15(14)11-20/h1-2,4,6,14-15,19H,3,5,7-12H2/t14-,15+/m0/s1. The molecule has 5 heteroatoms. The van der Waals surface area contributed by atoms with Gasteiger partial charge in [0, 0.05) is 31.2 Å². The maximum absolute atomic E-state index is 12.7. The first-order valence-corrected chi connectivity index (χ1v) is 8.62. The van der Waals surface area contributed by atoms with Crippen molar-refractivity contribution in [1.82, 2.24) is 10.2 Å². The van der Waals surface area contributed by atoms with Crippen LogP contribution in [0.4, 0.5) is 5.69 Å². The van der Waals surface area contributed by atoms with E-state index in [0.717, 1.165) is 37.3 Å². The van der Waals surface area contributed by atoms with Gasteiger partial charge in [-0.25, -0.2) is 0 Å². The van der Waals surface area contributed by atoms with E-state index in [1.54, 1.807) is 4.90 Å². The normalized spacial score (nSPS) is 26.9. The van der Waals surface area contributed by atoms with Gasteiger partial charge < -0.3 is 15.1 Å². The minimum Gasteiger partial charge on any atom is -0.339 e. The third-order valence-corrected chi connectivity index (χ3v) is 5.44. The van der Waals surface area contributed by atoms with Crippen LogP contribution in [0.3, 0.4) is 0 Å². The lowest BCUT2D eigenvalue weighted by Crippen LogP contribution is -2.45. The van der Waals surface area contributed by atoms with Crippen LogP contribution in [-0.2, 0) is 16.0 Å². The van der Waals surface area contributed by atoms with E-state index in [1.165, 1.54) is 12.8 Å². The number of nitrogens with one attached hydrogen (secondary N) is 1. The molecule has 2 saturated heterocycles. The van der Waals surface area contributed by atoms with Crippen molar-refractivity contribution in [2.24, 2.45) is 5.92 Å². The first-order valence-electron chi connectivity index (χ1n) is 8.62. The van der Waals surface area contributed by atoms with Crippen LogP contribution >= 0.6 is 0 Å². The minimum atomic E-state index is 0.0618. The van der Waals surface area contributed by atoms with Crippen molar-refractivity contribution in [2.75, 3.05) is 31.1 Å². The second-order valence-corrected chi connectivity index (χ2v) is 6.87. The zero-order valence-corrected chi connectivity index (χ0v) is 13.3. The largest absolute Gasteiger partial charge is 0.339 e. The molecule has 2 fully saturated rings. The van der Waals surface area contributed by atoms with Crippen molar-refractivity contribution in [1.29, 1.82) is 0 Å². The summed E-state index contributed by atoms with van der Waals surface area (Å²) >= 11 is 0. The highest BCUT2D eigenvalue weighted by atomic mass is 16.2. The predicted octanol–water partition coefficient (Wildman–Crippen LogP) is 1.18. The molecule has 3 heterocycles. The summed E-state index contributed by atoms with van der Waals surface area (Å²) in [4.78, 5) is 28.6. The van der Waals surface area contributed by atoms with Crippen molar-refractivity contribution in [3.05, 3.63) is 29.8 Å². The lowest BCUT2D eigenvalue weighted by atomic mass is 9.94. The van der Waals surface area contributed by atoms with E-state index in [0.29, 0.717) is 18.4 Å². The number of fused-ring (bicyclic) bond motifs is 2. The van der Waals surface area contributed by atoms with Crippen molar-refractivity contribution in [3.63, 3.8) is 0 Å². The highest BCUT2D eigenvalue weighted by molar-refractivity contribution is 6.01. The summed E-state index contributed by atoms with van der Waals surface area (Å²) in [6.45, 7) is 2.85. The van der Waals surface area contributed by atoms with E-state index < -0.39 is 0 Å². The second-order valence-electron chi connectivity index (χ2n) is 6.87. The number of rotatable bonds is 2. The number of carbonyl (C=O) groups is 2. The number of nitrogens with zero attached hydrogens (tertiary/aromatic N) is 2. The number of piperidine rings is 1. The molecule has 0 aliphatic carbocycles. The molecule has 0 unspecified atom stereocenters. The fourth-order valence-corrected chi connectivity index (χ4v) is 4.16. The van der Waals surface area contributed by atoms with Crippen LogP contribution in [0.5, 0.6) is 0 Å². The van der Waals surface area contributed by atoms with Gasteiger partial charge in [0.1, 0.15) is 6.54 Å². The predicted molar refractivity (Wildman–Crippen MR) is 88.2 cm³/mol. The van der Waals surface area contributed by atoms with Gasteiger partial charge >= 0.3 is 0 Å². The Morgan fingerprint density at radius 3 is 2.96 bits per heavy atom. The smallest absolute Gasteiger partial charge is 0.242 e. The van der Waals surface area contributed by atoms with Crippen molar-refractivity contribution in [2.45, 2.75) is 31.7 Å². The van der Waals surface area contributed by atoms with E-state index in [9.17, 15) is 9.59 Å². The van der Waals surface area contributed by atoms with Gasteiger partial charge in [-0.3, -0.25) is 9.59 Å². The van der Waals surface area contributed by atoms with Crippen molar-refractivity contribution >= 4 is 17.5 Å². The second kappa shape index (κ2) is 5.96. The maximum Gasteiger partial charge on any atom is 0.242 e. The van der Waals surface area contributed by atoms with Crippen LogP contribution < -0.4 is 10.2 Å². The fourth-order valence-electron chi connectivity index (χ4n) is 4.16. The minimum absolute atomic E-state index is 0.0618. The van der Waals surface area contributed by atoms with E-state index >= 15 is 0 Å². The number of amides is 2. The summed E-state index contributed by atoms with van der Waals surface area (Å²) in [5.74, 6) is 0.718. The number of hydrogen-bond donors (Lipinski definition) is 1. The van der Waals surface area contributed by atoms with Crippen molar-refractivity contribution in [3.8, 4) is 0 Å². The zero-order chi connectivity index (χ0) is 15.8. The first-order chi connectivity index (χ1) is 11.2. The number of benzene rings is 1. The Labute approximate surface area is 136 Å². The molecule has 1 N–H and O–H groups in total. The molecule has 0 saturated carbocycles. The molecule has 2 amide bonds. The fraction of sp³-hybridized carbons (Fsp3) is 0.556. The summed E-state index contributed by atoms with van der Waals surface area (Å²) in [5, 5.41) is 3.52. The Morgan fingerprint density at radius 2 is 2.09 bits per heavy atom. The molecule has 0 spiro atoms. The third-order valence-electron chi connectivity index (χ3n) is 5.44. The lowest BCUT2D eigenvalue weighted by molar-refractivity contribution is -0.130. The zero-order valence-electron chi connectivity index (χ0n) is 13.3. The molecule has 1 aromatic carbocycles. The highest BCUT2D eigenvalue weighted by Crippen LogP contribution is 2.29. The Morgan fingerprint density at radius 1 is 1.22 bits per heavy atom. The summed E-state index contributed by atoms with van der Waals surface area (Å²) < 4.78 is 0. The van der Waals surface area contributed by atoms with Crippen LogP contribution in [-0.4, -0.2) is 48.9 Å². The molecule has 1 aromatic rings. The van der Waals surface area contributed by atoms with Crippen LogP contribution in [0.15, 0.2) is 24.3 Å². The Hall–Kier alpha value is -1.88. The summed E-state index contributed by atoms with van der Waals surface area (Å²) in [6.07, 6.45) is 3.67. The van der Waals surface area contributed by atoms with E-state index in [-0.39, 0.29) is 18.4 Å². The molecule has 122 valence electrons. The number of hydrogen-bond acceptors (Lipinski definition) is 3. The Bertz CT molecular complexity index is 616. The van der Waals surface area contributed by atoms with Gasteiger partial charge in [-0.05, 0) is 43.4 Å². The summed E-state index contributed by atoms with van der Waals surface area (Å²) in [6, 6.07) is 8.37. The highest BCUT2D eigenvalue weighted by Gasteiger charge is 2.37. The third kappa shape index (κ3) is 2.74. The van der Waals surface area contributed by atoms with Gasteiger partial charge in [0.15, 0.2) is 0 Å². The Kier molecular flexibility index (Phi) is 3.81. The average Bonchev–Trinajstić information content (AvgIpc) is 3.01. The number of aryl methyl sites for hydroxylation is 1. The van der Waals surface area contributed by atoms with E-state index in [4.69, 9.17) is 0 Å². The van der Waals surface area contributed by atoms with Crippen LogP contribution in [0, 0.1) is 5.92 Å². The molecule has 23 heavy (non-hydrogen) atoms. The lowest BCUT2D eigenvalue weighted by Gasteiger charge is -2.30. The molecular formula is C18H23N3O2. The van der Waals surface area contributed by atoms with Crippen LogP contribution in [0.25, 0.3) is 0 Å². The molecule has 2 atom stereocenters. The number of anilines is 1. The summed E-state index contributed by atoms with van der Waals surface area (Å²) in [7, 11) is 0. The van der Waals surface area contributed by atoms with Crippen molar-refractivity contribution < 1.29 is 9.59 Å². The quantitative estimate of drug-likeness (QED) is 0.892. The van der Waals surface area contributed by atoms with Gasteiger partial charge in [0.25, 0.3) is 0 Å².